The van der Waals surface area contributed by atoms with Crippen molar-refractivity contribution in [1.82, 2.24) is 5.43 Å². The monoisotopic (exact) mass is 206 g/mol. The summed E-state index contributed by atoms with van der Waals surface area (Å²) in [6, 6.07) is 0.0363. The molecule has 14 heavy (non-hydrogen) atoms. The van der Waals surface area contributed by atoms with E-state index in [-0.39, 0.29) is 12.1 Å². The Morgan fingerprint density at radius 1 is 1.21 bits per heavy atom. The van der Waals surface area contributed by atoms with Crippen molar-refractivity contribution < 1.29 is 14.2 Å². The lowest BCUT2D eigenvalue weighted by Crippen LogP contribution is -2.42. The molecule has 0 spiro atoms. The van der Waals surface area contributed by atoms with Gasteiger partial charge in [-0.2, -0.15) is 0 Å². The number of nitrogens with two attached hydrogens (primary N) is 1. The van der Waals surface area contributed by atoms with Crippen LogP contribution in [-0.4, -0.2) is 45.7 Å². The molecule has 5 heteroatoms. The molecule has 0 bridgehead atoms. The molecule has 0 fully saturated rings. The Labute approximate surface area is 85.9 Å². The summed E-state index contributed by atoms with van der Waals surface area (Å²) in [7, 11) is 1.64. The van der Waals surface area contributed by atoms with E-state index in [9.17, 15) is 0 Å². The van der Waals surface area contributed by atoms with Crippen molar-refractivity contribution >= 4 is 0 Å². The van der Waals surface area contributed by atoms with Gasteiger partial charge in [-0.05, 0) is 13.8 Å². The topological polar surface area (TPSA) is 65.7 Å². The van der Waals surface area contributed by atoms with Gasteiger partial charge in [0.1, 0.15) is 0 Å². The van der Waals surface area contributed by atoms with Gasteiger partial charge in [-0.3, -0.25) is 11.3 Å². The maximum atomic E-state index is 5.40. The SMILES string of the molecule is COCCOCC(COC(C)C)NN. The van der Waals surface area contributed by atoms with E-state index in [2.05, 4.69) is 5.43 Å². The number of rotatable bonds is 9. The Balaban J connectivity index is 3.38. The molecule has 1 atom stereocenters. The third kappa shape index (κ3) is 8.40. The summed E-state index contributed by atoms with van der Waals surface area (Å²) < 4.78 is 15.6. The summed E-state index contributed by atoms with van der Waals surface area (Å²) in [6.45, 7) is 6.24. The van der Waals surface area contributed by atoms with Gasteiger partial charge in [0, 0.05) is 7.11 Å². The molecule has 1 unspecified atom stereocenters. The highest BCUT2D eigenvalue weighted by molar-refractivity contribution is 4.61. The minimum absolute atomic E-state index is 0.0363. The average molecular weight is 206 g/mol. The molecule has 86 valence electrons. The van der Waals surface area contributed by atoms with Gasteiger partial charge in [0.05, 0.1) is 38.6 Å². The lowest BCUT2D eigenvalue weighted by Gasteiger charge is -2.17. The first-order chi connectivity index (χ1) is 6.70. The van der Waals surface area contributed by atoms with E-state index in [0.29, 0.717) is 26.4 Å². The number of hydrogen-bond donors (Lipinski definition) is 2. The summed E-state index contributed by atoms with van der Waals surface area (Å²) in [6.07, 6.45) is 0.213. The number of hydrazine groups is 1. The van der Waals surface area contributed by atoms with Gasteiger partial charge in [0.2, 0.25) is 0 Å². The van der Waals surface area contributed by atoms with Gasteiger partial charge >= 0.3 is 0 Å². The van der Waals surface area contributed by atoms with Crippen LogP contribution in [0.15, 0.2) is 0 Å². The number of nitrogens with one attached hydrogen (secondary N) is 1. The van der Waals surface area contributed by atoms with Gasteiger partial charge in [-0.25, -0.2) is 0 Å². The van der Waals surface area contributed by atoms with E-state index in [0.717, 1.165) is 0 Å². The quantitative estimate of drug-likeness (QED) is 0.313. The van der Waals surface area contributed by atoms with Crippen LogP contribution in [0, 0.1) is 0 Å². The van der Waals surface area contributed by atoms with Crippen molar-refractivity contribution in [3.63, 3.8) is 0 Å². The smallest absolute Gasteiger partial charge is 0.0701 e. The summed E-state index contributed by atoms with van der Waals surface area (Å²) in [5.74, 6) is 5.33. The third-order valence-corrected chi connectivity index (χ3v) is 1.62. The van der Waals surface area contributed by atoms with Crippen molar-refractivity contribution in [3.05, 3.63) is 0 Å². The molecule has 0 saturated heterocycles. The fourth-order valence-corrected chi connectivity index (χ4v) is 0.821. The molecule has 0 amide bonds. The third-order valence-electron chi connectivity index (χ3n) is 1.62. The van der Waals surface area contributed by atoms with Gasteiger partial charge in [0.25, 0.3) is 0 Å². The Morgan fingerprint density at radius 3 is 2.43 bits per heavy atom. The zero-order chi connectivity index (χ0) is 10.8. The number of hydrogen-bond acceptors (Lipinski definition) is 5. The van der Waals surface area contributed by atoms with Crippen molar-refractivity contribution in [2.75, 3.05) is 33.5 Å². The van der Waals surface area contributed by atoms with Crippen LogP contribution in [0.5, 0.6) is 0 Å². The van der Waals surface area contributed by atoms with E-state index in [1.807, 2.05) is 13.8 Å². The maximum absolute atomic E-state index is 5.40. The fourth-order valence-electron chi connectivity index (χ4n) is 0.821. The van der Waals surface area contributed by atoms with Crippen molar-refractivity contribution in [3.8, 4) is 0 Å². The molecule has 0 aliphatic rings. The largest absolute Gasteiger partial charge is 0.382 e. The fraction of sp³-hybridized carbons (Fsp3) is 1.00. The van der Waals surface area contributed by atoms with Crippen molar-refractivity contribution in [2.24, 2.45) is 5.84 Å². The van der Waals surface area contributed by atoms with Crippen molar-refractivity contribution in [1.29, 1.82) is 0 Å². The zero-order valence-electron chi connectivity index (χ0n) is 9.29. The number of ether oxygens (including phenoxy) is 3. The molecule has 0 aromatic heterocycles. The molecule has 0 rings (SSSR count). The minimum atomic E-state index is 0.0363. The van der Waals surface area contributed by atoms with Gasteiger partial charge in [0.15, 0.2) is 0 Å². The van der Waals surface area contributed by atoms with Crippen LogP contribution >= 0.6 is 0 Å². The summed E-state index contributed by atoms with van der Waals surface area (Å²) in [5, 5.41) is 0. The summed E-state index contributed by atoms with van der Waals surface area (Å²) in [5.41, 5.74) is 2.64. The first-order valence-corrected chi connectivity index (χ1v) is 4.85. The molecule has 0 aromatic rings. The maximum Gasteiger partial charge on any atom is 0.0701 e. The first-order valence-electron chi connectivity index (χ1n) is 4.85. The van der Waals surface area contributed by atoms with E-state index in [4.69, 9.17) is 20.1 Å². The Hall–Kier alpha value is -0.200. The zero-order valence-corrected chi connectivity index (χ0v) is 9.29. The molecule has 0 heterocycles. The Morgan fingerprint density at radius 2 is 1.93 bits per heavy atom. The summed E-state index contributed by atoms with van der Waals surface area (Å²) >= 11 is 0. The molecular weight excluding hydrogens is 184 g/mol. The van der Waals surface area contributed by atoms with E-state index < -0.39 is 0 Å². The predicted octanol–water partition coefficient (Wildman–Crippen LogP) is -0.0937. The van der Waals surface area contributed by atoms with E-state index in [1.165, 1.54) is 0 Å². The highest BCUT2D eigenvalue weighted by Gasteiger charge is 2.07. The van der Waals surface area contributed by atoms with Crippen LogP contribution in [0.2, 0.25) is 0 Å². The molecule has 0 aliphatic carbocycles. The van der Waals surface area contributed by atoms with Crippen LogP contribution in [-0.2, 0) is 14.2 Å². The molecule has 5 nitrogen and oxygen atoms in total. The van der Waals surface area contributed by atoms with Crippen LogP contribution in [0.3, 0.4) is 0 Å². The van der Waals surface area contributed by atoms with Gasteiger partial charge < -0.3 is 14.2 Å². The number of methoxy groups -OCH3 is 1. The Bertz CT molecular complexity index is 123. The lowest BCUT2D eigenvalue weighted by atomic mass is 10.3. The highest BCUT2D eigenvalue weighted by Crippen LogP contribution is 1.92. The average Bonchev–Trinajstić information content (AvgIpc) is 2.16. The second kappa shape index (κ2) is 9.36. The summed E-state index contributed by atoms with van der Waals surface area (Å²) in [4.78, 5) is 0. The van der Waals surface area contributed by atoms with E-state index in [1.54, 1.807) is 7.11 Å². The second-order valence-electron chi connectivity index (χ2n) is 3.31. The van der Waals surface area contributed by atoms with E-state index >= 15 is 0 Å². The van der Waals surface area contributed by atoms with Crippen LogP contribution < -0.4 is 11.3 Å². The molecule has 0 saturated carbocycles. The highest BCUT2D eigenvalue weighted by atomic mass is 16.5. The van der Waals surface area contributed by atoms with Crippen LogP contribution in [0.25, 0.3) is 0 Å². The molecule has 0 radical (unpaired) electrons. The first kappa shape index (κ1) is 13.8. The van der Waals surface area contributed by atoms with Gasteiger partial charge in [-0.1, -0.05) is 0 Å². The standard InChI is InChI=1S/C9H22N2O3/c1-8(2)14-7-9(11-10)6-13-5-4-12-3/h8-9,11H,4-7,10H2,1-3H3. The Kier molecular flexibility index (Phi) is 9.23. The molecule has 3 N–H and O–H groups in total. The molecule has 0 aromatic carbocycles. The minimum Gasteiger partial charge on any atom is -0.382 e. The second-order valence-corrected chi connectivity index (χ2v) is 3.31. The molecule has 0 aliphatic heterocycles. The predicted molar refractivity (Wildman–Crippen MR) is 54.9 cm³/mol. The molecular formula is C9H22N2O3. The van der Waals surface area contributed by atoms with Crippen molar-refractivity contribution in [2.45, 2.75) is 26.0 Å². The normalized spacial score (nSPS) is 13.5. The van der Waals surface area contributed by atoms with Gasteiger partial charge in [-0.15, -0.1) is 0 Å². The van der Waals surface area contributed by atoms with Crippen LogP contribution in [0.1, 0.15) is 13.8 Å². The van der Waals surface area contributed by atoms with Crippen LogP contribution in [0.4, 0.5) is 0 Å². The lowest BCUT2D eigenvalue weighted by molar-refractivity contribution is 0.0159.